The van der Waals surface area contributed by atoms with E-state index in [1.54, 1.807) is 0 Å². The number of rotatable bonds is 4. The summed E-state index contributed by atoms with van der Waals surface area (Å²) >= 11 is 0. The third-order valence-electron chi connectivity index (χ3n) is 2.23. The number of unbranched alkanes of at least 4 members (excludes halogenated alkanes) is 1. The van der Waals surface area contributed by atoms with E-state index in [1.165, 1.54) is 0 Å². The van der Waals surface area contributed by atoms with Crippen LogP contribution in [0.5, 0.6) is 11.5 Å². The van der Waals surface area contributed by atoms with Crippen LogP contribution in [-0.4, -0.2) is 16.4 Å². The molecule has 0 aromatic heterocycles. The zero-order valence-electron chi connectivity index (χ0n) is 9.17. The average Bonchev–Trinajstić information content (AvgIpc) is 2.25. The van der Waals surface area contributed by atoms with Gasteiger partial charge in [0.05, 0.1) is 0 Å². The number of benzene rings is 1. The highest BCUT2D eigenvalue weighted by Crippen LogP contribution is 2.34. The minimum absolute atomic E-state index is 0.113. The van der Waals surface area contributed by atoms with Gasteiger partial charge in [-0.3, -0.25) is 0 Å². The van der Waals surface area contributed by atoms with Gasteiger partial charge >= 0.3 is 6.16 Å². The van der Waals surface area contributed by atoms with Crippen molar-refractivity contribution >= 4 is 6.16 Å². The second-order valence-corrected chi connectivity index (χ2v) is 3.47. The van der Waals surface area contributed by atoms with Gasteiger partial charge in [0.25, 0.3) is 0 Å². The van der Waals surface area contributed by atoms with Crippen LogP contribution in [0.15, 0.2) is 6.07 Å². The Balaban J connectivity index is 3.17. The van der Waals surface area contributed by atoms with Gasteiger partial charge in [0, 0.05) is 11.6 Å². The molecular weight excluding hydrogens is 234 g/mol. The molecule has 0 amide bonds. The molecule has 1 rings (SSSR count). The van der Waals surface area contributed by atoms with Gasteiger partial charge in [0.15, 0.2) is 23.1 Å². The van der Waals surface area contributed by atoms with Crippen molar-refractivity contribution in [3.63, 3.8) is 0 Å². The van der Waals surface area contributed by atoms with E-state index in [-0.39, 0.29) is 12.0 Å². The van der Waals surface area contributed by atoms with Gasteiger partial charge in [-0.05, 0) is 12.8 Å². The number of hydrogen-bond donors (Lipinski definition) is 2. The molecule has 0 aliphatic rings. The van der Waals surface area contributed by atoms with Crippen molar-refractivity contribution in [1.29, 1.82) is 0 Å². The smallest absolute Gasteiger partial charge is 0.504 e. The SMILES string of the molecule is CCCCc1c(O)c(OC(=O)O)cc(F)c1F. The first kappa shape index (κ1) is 13.2. The molecule has 1 aromatic carbocycles. The van der Waals surface area contributed by atoms with E-state index in [4.69, 9.17) is 5.11 Å². The van der Waals surface area contributed by atoms with Gasteiger partial charge < -0.3 is 14.9 Å². The predicted octanol–water partition coefficient (Wildman–Crippen LogP) is 3.07. The Morgan fingerprint density at radius 1 is 1.47 bits per heavy atom. The molecule has 6 heteroatoms. The lowest BCUT2D eigenvalue weighted by atomic mass is 10.1. The highest BCUT2D eigenvalue weighted by Gasteiger charge is 2.20. The van der Waals surface area contributed by atoms with Crippen LogP contribution in [0.1, 0.15) is 25.3 Å². The molecule has 0 unspecified atom stereocenters. The summed E-state index contributed by atoms with van der Waals surface area (Å²) in [6.07, 6.45) is -0.319. The Kier molecular flexibility index (Phi) is 4.25. The van der Waals surface area contributed by atoms with Crippen LogP contribution < -0.4 is 4.74 Å². The van der Waals surface area contributed by atoms with Gasteiger partial charge in [0.2, 0.25) is 0 Å². The fourth-order valence-electron chi connectivity index (χ4n) is 1.40. The zero-order chi connectivity index (χ0) is 13.0. The second-order valence-electron chi connectivity index (χ2n) is 3.47. The van der Waals surface area contributed by atoms with Crippen molar-refractivity contribution in [3.8, 4) is 11.5 Å². The Morgan fingerprint density at radius 3 is 2.65 bits per heavy atom. The molecule has 0 heterocycles. The molecule has 17 heavy (non-hydrogen) atoms. The maximum Gasteiger partial charge on any atom is 0.511 e. The number of phenols is 1. The van der Waals surface area contributed by atoms with Crippen LogP contribution in [-0.2, 0) is 6.42 Å². The lowest BCUT2D eigenvalue weighted by Crippen LogP contribution is -2.06. The summed E-state index contributed by atoms with van der Waals surface area (Å²) in [5, 5.41) is 17.9. The summed E-state index contributed by atoms with van der Waals surface area (Å²) in [4.78, 5) is 10.3. The highest BCUT2D eigenvalue weighted by atomic mass is 19.2. The lowest BCUT2D eigenvalue weighted by Gasteiger charge is -2.10. The zero-order valence-corrected chi connectivity index (χ0v) is 9.17. The number of ether oxygens (including phenoxy) is 1. The lowest BCUT2D eigenvalue weighted by molar-refractivity contribution is 0.142. The van der Waals surface area contributed by atoms with Crippen LogP contribution in [0, 0.1) is 11.6 Å². The Bertz CT molecular complexity index is 432. The Hall–Kier alpha value is -1.85. The van der Waals surface area contributed by atoms with E-state index in [1.807, 2.05) is 6.92 Å². The van der Waals surface area contributed by atoms with Crippen molar-refractivity contribution in [2.24, 2.45) is 0 Å². The molecule has 0 fully saturated rings. The van der Waals surface area contributed by atoms with Gasteiger partial charge in [-0.2, -0.15) is 0 Å². The quantitative estimate of drug-likeness (QED) is 0.632. The normalized spacial score (nSPS) is 10.3. The molecular formula is C11H12F2O4. The van der Waals surface area contributed by atoms with Crippen LogP contribution >= 0.6 is 0 Å². The monoisotopic (exact) mass is 246 g/mol. The fraction of sp³-hybridized carbons (Fsp3) is 0.364. The first-order valence-electron chi connectivity index (χ1n) is 5.08. The minimum atomic E-state index is -1.70. The molecule has 0 aliphatic heterocycles. The third-order valence-corrected chi connectivity index (χ3v) is 2.23. The molecule has 4 nitrogen and oxygen atoms in total. The van der Waals surface area contributed by atoms with E-state index < -0.39 is 29.3 Å². The van der Waals surface area contributed by atoms with Crippen molar-refractivity contribution in [3.05, 3.63) is 23.3 Å². The summed E-state index contributed by atoms with van der Waals surface area (Å²) < 4.78 is 30.7. The maximum absolute atomic E-state index is 13.4. The minimum Gasteiger partial charge on any atom is -0.504 e. The van der Waals surface area contributed by atoms with E-state index in [0.717, 1.165) is 6.42 Å². The first-order chi connectivity index (χ1) is 7.97. The third kappa shape index (κ3) is 3.05. The fourth-order valence-corrected chi connectivity index (χ4v) is 1.40. The molecule has 0 spiro atoms. The van der Waals surface area contributed by atoms with Gasteiger partial charge in [0.1, 0.15) is 0 Å². The van der Waals surface area contributed by atoms with E-state index >= 15 is 0 Å². The van der Waals surface area contributed by atoms with E-state index in [0.29, 0.717) is 12.5 Å². The topological polar surface area (TPSA) is 66.8 Å². The number of carbonyl (C=O) groups is 1. The summed E-state index contributed by atoms with van der Waals surface area (Å²) in [6.45, 7) is 1.85. The van der Waals surface area contributed by atoms with E-state index in [2.05, 4.69) is 4.74 Å². The molecule has 94 valence electrons. The molecule has 0 saturated heterocycles. The largest absolute Gasteiger partial charge is 0.511 e. The standard InChI is InChI=1S/C11H12F2O4/c1-2-3-4-6-9(13)7(12)5-8(10(6)14)17-11(15)16/h5,14H,2-4H2,1H3,(H,15,16). The van der Waals surface area contributed by atoms with Crippen LogP contribution in [0.4, 0.5) is 13.6 Å². The Labute approximate surface area is 96.5 Å². The van der Waals surface area contributed by atoms with Gasteiger partial charge in [-0.15, -0.1) is 0 Å². The van der Waals surface area contributed by atoms with Gasteiger partial charge in [-0.25, -0.2) is 13.6 Å². The van der Waals surface area contributed by atoms with Gasteiger partial charge in [-0.1, -0.05) is 13.3 Å². The van der Waals surface area contributed by atoms with Crippen molar-refractivity contribution in [2.75, 3.05) is 0 Å². The van der Waals surface area contributed by atoms with Crippen molar-refractivity contribution in [1.82, 2.24) is 0 Å². The molecule has 0 saturated carbocycles. The number of phenolic OH excluding ortho intramolecular Hbond substituents is 1. The predicted molar refractivity (Wildman–Crippen MR) is 55.3 cm³/mol. The van der Waals surface area contributed by atoms with E-state index in [9.17, 15) is 18.7 Å². The average molecular weight is 246 g/mol. The number of hydrogen-bond acceptors (Lipinski definition) is 3. The molecule has 1 aromatic rings. The molecule has 2 N–H and O–H groups in total. The van der Waals surface area contributed by atoms with Crippen LogP contribution in [0.25, 0.3) is 0 Å². The molecule has 0 radical (unpaired) electrons. The Morgan fingerprint density at radius 2 is 2.12 bits per heavy atom. The summed E-state index contributed by atoms with van der Waals surface area (Å²) in [6, 6.07) is 0.508. The second kappa shape index (κ2) is 5.47. The van der Waals surface area contributed by atoms with Crippen LogP contribution in [0.3, 0.4) is 0 Å². The first-order valence-corrected chi connectivity index (χ1v) is 5.08. The summed E-state index contributed by atoms with van der Waals surface area (Å²) in [5.74, 6) is -3.68. The number of carboxylic acid groups (broad SMARTS) is 1. The summed E-state index contributed by atoms with van der Waals surface area (Å²) in [7, 11) is 0. The molecule has 0 atom stereocenters. The maximum atomic E-state index is 13.4. The molecule has 0 aliphatic carbocycles. The number of aromatic hydroxyl groups is 1. The van der Waals surface area contributed by atoms with Crippen molar-refractivity contribution < 1.29 is 28.5 Å². The number of halogens is 2. The highest BCUT2D eigenvalue weighted by molar-refractivity contribution is 5.63. The van der Waals surface area contributed by atoms with Crippen LogP contribution in [0.2, 0.25) is 0 Å². The van der Waals surface area contributed by atoms with Crippen molar-refractivity contribution in [2.45, 2.75) is 26.2 Å². The molecule has 0 bridgehead atoms. The summed E-state index contributed by atoms with van der Waals surface area (Å²) in [5.41, 5.74) is -0.261.